The summed E-state index contributed by atoms with van der Waals surface area (Å²) >= 11 is 12.5. The van der Waals surface area contributed by atoms with Crippen LogP contribution in [-0.4, -0.2) is 23.7 Å². The van der Waals surface area contributed by atoms with Gasteiger partial charge in [0.1, 0.15) is 5.69 Å². The van der Waals surface area contributed by atoms with Gasteiger partial charge >= 0.3 is 0 Å². The number of aliphatic hydroxyl groups excluding tert-OH is 1. The van der Waals surface area contributed by atoms with Crippen LogP contribution in [0.5, 0.6) is 0 Å². The largest absolute Gasteiger partial charge is 0.392 e. The molecule has 6 nitrogen and oxygen atoms in total. The summed E-state index contributed by atoms with van der Waals surface area (Å²) in [6.07, 6.45) is 3.24. The third-order valence-corrected chi connectivity index (χ3v) is 7.99. The maximum Gasteiger partial charge on any atom is 0.251 e. The Bertz CT molecular complexity index is 1450. The molecule has 3 aromatic rings. The van der Waals surface area contributed by atoms with E-state index >= 15 is 0 Å². The number of anilines is 1. The highest BCUT2D eigenvalue weighted by Crippen LogP contribution is 2.37. The Morgan fingerprint density at radius 1 is 1.12 bits per heavy atom. The third kappa shape index (κ3) is 7.25. The molecule has 0 spiro atoms. The van der Waals surface area contributed by atoms with Crippen molar-refractivity contribution in [3.63, 3.8) is 0 Å². The Balaban J connectivity index is 1.69. The van der Waals surface area contributed by atoms with Gasteiger partial charge in [-0.25, -0.2) is 5.53 Å². The van der Waals surface area contributed by atoms with E-state index in [1.807, 2.05) is 62.4 Å². The van der Waals surface area contributed by atoms with Crippen LogP contribution in [0.3, 0.4) is 0 Å². The highest BCUT2D eigenvalue weighted by atomic mass is 35.5. The number of halogens is 2. The molecule has 0 saturated carbocycles. The zero-order chi connectivity index (χ0) is 30.4. The van der Waals surface area contributed by atoms with E-state index in [9.17, 15) is 9.90 Å². The maximum absolute atomic E-state index is 12.9. The molecular formula is C33H38Cl2N4O2. The normalized spacial score (nSPS) is 13.9. The second kappa shape index (κ2) is 13.5. The van der Waals surface area contributed by atoms with Crippen LogP contribution in [0, 0.1) is 5.53 Å². The molecule has 0 bridgehead atoms. The first kappa shape index (κ1) is 32.1. The lowest BCUT2D eigenvalue weighted by atomic mass is 9.71. The summed E-state index contributed by atoms with van der Waals surface area (Å²) < 4.78 is 0. The van der Waals surface area contributed by atoms with E-state index in [4.69, 9.17) is 28.7 Å². The Kier molecular flexibility index (Phi) is 10.5. The highest BCUT2D eigenvalue weighted by molar-refractivity contribution is 6.35. The molecular weight excluding hydrogens is 555 g/mol. The van der Waals surface area contributed by atoms with Crippen molar-refractivity contribution in [2.45, 2.75) is 58.1 Å². The number of amides is 1. The Morgan fingerprint density at radius 2 is 1.80 bits per heavy atom. The molecule has 2 atom stereocenters. The molecule has 0 aromatic heterocycles. The SMILES string of the molecule is C=C(C)C(/C=C/C)(c1ccc(CNC(=O)c2ccc(NCC(C)(C)c3ccc(Cl)cc3Cl)c(N=N)c2)cc1)C(C)O. The highest BCUT2D eigenvalue weighted by Gasteiger charge is 2.35. The molecule has 1 amide bonds. The number of rotatable bonds is 12. The van der Waals surface area contributed by atoms with Gasteiger partial charge in [-0.2, -0.15) is 5.11 Å². The van der Waals surface area contributed by atoms with Crippen LogP contribution in [0.15, 0.2) is 90.1 Å². The average molecular weight is 594 g/mol. The summed E-state index contributed by atoms with van der Waals surface area (Å²) in [6.45, 7) is 14.7. The van der Waals surface area contributed by atoms with Crippen LogP contribution in [0.4, 0.5) is 11.4 Å². The molecule has 0 radical (unpaired) electrons. The first-order chi connectivity index (χ1) is 19.3. The number of aliphatic hydroxyl groups is 1. The van der Waals surface area contributed by atoms with Crippen LogP contribution in [0.25, 0.3) is 0 Å². The topological polar surface area (TPSA) is 97.6 Å². The number of benzene rings is 3. The van der Waals surface area contributed by atoms with Crippen molar-refractivity contribution in [2.24, 2.45) is 5.11 Å². The molecule has 0 heterocycles. The molecule has 2 unspecified atom stereocenters. The van der Waals surface area contributed by atoms with E-state index in [-0.39, 0.29) is 11.3 Å². The van der Waals surface area contributed by atoms with E-state index in [0.717, 1.165) is 22.3 Å². The maximum atomic E-state index is 12.9. The van der Waals surface area contributed by atoms with Crippen molar-refractivity contribution in [2.75, 3.05) is 11.9 Å². The molecule has 3 aromatic carbocycles. The van der Waals surface area contributed by atoms with Crippen molar-refractivity contribution >= 4 is 40.5 Å². The molecule has 0 aliphatic heterocycles. The van der Waals surface area contributed by atoms with Gasteiger partial charge in [-0.1, -0.05) is 91.7 Å². The minimum atomic E-state index is -0.682. The first-order valence-corrected chi connectivity index (χ1v) is 14.2. The lowest BCUT2D eigenvalue weighted by molar-refractivity contribution is 0.0951. The van der Waals surface area contributed by atoms with Crippen molar-refractivity contribution in [1.29, 1.82) is 5.53 Å². The number of allylic oxidation sites excluding steroid dienone is 1. The zero-order valence-electron chi connectivity index (χ0n) is 24.2. The molecule has 4 N–H and O–H groups in total. The van der Waals surface area contributed by atoms with Gasteiger partial charge in [0, 0.05) is 34.1 Å². The second-order valence-electron chi connectivity index (χ2n) is 10.9. The van der Waals surface area contributed by atoms with Gasteiger partial charge in [-0.3, -0.25) is 4.79 Å². The molecule has 0 saturated heterocycles. The van der Waals surface area contributed by atoms with Gasteiger partial charge < -0.3 is 15.7 Å². The van der Waals surface area contributed by atoms with E-state index in [2.05, 4.69) is 36.2 Å². The monoisotopic (exact) mass is 592 g/mol. The van der Waals surface area contributed by atoms with E-state index in [1.165, 1.54) is 0 Å². The second-order valence-corrected chi connectivity index (χ2v) is 11.8. The van der Waals surface area contributed by atoms with Crippen molar-refractivity contribution in [3.05, 3.63) is 117 Å². The Morgan fingerprint density at radius 3 is 2.37 bits per heavy atom. The fraction of sp³-hybridized carbons (Fsp3) is 0.303. The van der Waals surface area contributed by atoms with Gasteiger partial charge in [0.25, 0.3) is 5.91 Å². The van der Waals surface area contributed by atoms with Gasteiger partial charge in [-0.15, -0.1) is 0 Å². The molecule has 8 heteroatoms. The predicted octanol–water partition coefficient (Wildman–Crippen LogP) is 8.75. The van der Waals surface area contributed by atoms with Crippen LogP contribution in [0.1, 0.15) is 61.7 Å². The minimum absolute atomic E-state index is 0.270. The van der Waals surface area contributed by atoms with Gasteiger partial charge in [0.2, 0.25) is 0 Å². The number of carbonyl (C=O) groups is 1. The summed E-state index contributed by atoms with van der Waals surface area (Å²) in [5, 5.41) is 21.7. The van der Waals surface area contributed by atoms with Crippen LogP contribution in [-0.2, 0) is 17.4 Å². The molecule has 3 rings (SSSR count). The summed E-state index contributed by atoms with van der Waals surface area (Å²) in [5.74, 6) is -0.270. The Labute approximate surface area is 253 Å². The summed E-state index contributed by atoms with van der Waals surface area (Å²) in [4.78, 5) is 12.9. The first-order valence-electron chi connectivity index (χ1n) is 13.4. The zero-order valence-corrected chi connectivity index (χ0v) is 25.7. The lowest BCUT2D eigenvalue weighted by Gasteiger charge is -2.35. The van der Waals surface area contributed by atoms with Gasteiger partial charge in [0.15, 0.2) is 0 Å². The van der Waals surface area contributed by atoms with Crippen molar-refractivity contribution in [3.8, 4) is 0 Å². The minimum Gasteiger partial charge on any atom is -0.392 e. The quantitative estimate of drug-likeness (QED) is 0.125. The van der Waals surface area contributed by atoms with Crippen molar-refractivity contribution < 1.29 is 9.90 Å². The van der Waals surface area contributed by atoms with Gasteiger partial charge in [-0.05, 0) is 67.8 Å². The van der Waals surface area contributed by atoms with E-state index in [0.29, 0.717) is 40.1 Å². The lowest BCUT2D eigenvalue weighted by Crippen LogP contribution is -2.36. The number of carbonyl (C=O) groups excluding carboxylic acids is 1. The molecule has 216 valence electrons. The Hall–Kier alpha value is -3.45. The van der Waals surface area contributed by atoms with Crippen molar-refractivity contribution in [1.82, 2.24) is 5.32 Å². The summed E-state index contributed by atoms with van der Waals surface area (Å²) in [6, 6.07) is 18.3. The average Bonchev–Trinajstić information content (AvgIpc) is 2.93. The predicted molar refractivity (Wildman–Crippen MR) is 170 cm³/mol. The summed E-state index contributed by atoms with van der Waals surface area (Å²) in [7, 11) is 0. The molecule has 0 fully saturated rings. The fourth-order valence-corrected chi connectivity index (χ4v) is 5.70. The number of nitrogens with zero attached hydrogens (tertiary/aromatic N) is 1. The standard InChI is InChI=1S/C33H38Cl2N4O2/c1-7-16-33(21(2)3,22(4)40)25-11-8-23(9-12-25)19-37-31(41)24-10-15-29(30(17-24)39-36)38-20-32(5,6)27-14-13-26(34)18-28(27)35/h7-18,22,36,38,40H,2,19-20H2,1,3-6H3,(H,37,41)/b16-7+,39-36?. The van der Waals surface area contributed by atoms with Crippen LogP contribution >= 0.6 is 23.2 Å². The molecule has 0 aliphatic carbocycles. The number of nitrogens with one attached hydrogen (secondary N) is 3. The number of hydrogen-bond acceptors (Lipinski definition) is 5. The smallest absolute Gasteiger partial charge is 0.251 e. The van der Waals surface area contributed by atoms with Crippen LogP contribution in [0.2, 0.25) is 10.0 Å². The fourth-order valence-electron chi connectivity index (χ4n) is 5.03. The van der Waals surface area contributed by atoms with E-state index in [1.54, 1.807) is 31.2 Å². The third-order valence-electron chi connectivity index (χ3n) is 7.44. The van der Waals surface area contributed by atoms with Gasteiger partial charge in [0.05, 0.1) is 17.2 Å². The summed E-state index contributed by atoms with van der Waals surface area (Å²) in [5.41, 5.74) is 11.7. The number of hydrogen-bond donors (Lipinski definition) is 4. The molecule has 41 heavy (non-hydrogen) atoms. The van der Waals surface area contributed by atoms with E-state index < -0.39 is 11.5 Å². The molecule has 0 aliphatic rings. The van der Waals surface area contributed by atoms with Crippen LogP contribution < -0.4 is 10.6 Å².